The fraction of sp³-hybridized carbons (Fsp3) is 0.158. The second kappa shape index (κ2) is 7.81. The van der Waals surface area contributed by atoms with E-state index in [1.807, 2.05) is 24.4 Å². The van der Waals surface area contributed by atoms with Gasteiger partial charge in [0, 0.05) is 22.7 Å². The molecule has 128 valence electrons. The van der Waals surface area contributed by atoms with Gasteiger partial charge in [0.25, 0.3) is 11.8 Å². The first kappa shape index (κ1) is 17.0. The Morgan fingerprint density at radius 2 is 1.92 bits per heavy atom. The molecule has 5 nitrogen and oxygen atoms in total. The molecule has 0 fully saturated rings. The van der Waals surface area contributed by atoms with E-state index in [1.54, 1.807) is 52.6 Å². The monoisotopic (exact) mass is 354 g/mol. The van der Waals surface area contributed by atoms with Crippen LogP contribution in [-0.2, 0) is 6.54 Å². The van der Waals surface area contributed by atoms with Crippen molar-refractivity contribution in [1.82, 2.24) is 4.90 Å². The quantitative estimate of drug-likeness (QED) is 0.719. The molecule has 0 saturated heterocycles. The lowest BCUT2D eigenvalue weighted by Crippen LogP contribution is -2.29. The number of carbonyl (C=O) groups is 2. The zero-order valence-corrected chi connectivity index (χ0v) is 14.6. The van der Waals surface area contributed by atoms with Gasteiger partial charge in [-0.05, 0) is 54.8 Å². The predicted molar refractivity (Wildman–Crippen MR) is 97.8 cm³/mol. The standard InChI is InChI=1S/C19H18N2O3S/c1-2-21(13-16-5-4-12-25-16)19(23)14-7-9-15(10-8-14)20-18(22)17-6-3-11-24-17/h3-12H,2,13H2,1H3,(H,20,22). The van der Waals surface area contributed by atoms with Gasteiger partial charge < -0.3 is 14.6 Å². The zero-order valence-electron chi connectivity index (χ0n) is 13.8. The summed E-state index contributed by atoms with van der Waals surface area (Å²) < 4.78 is 5.05. The minimum Gasteiger partial charge on any atom is -0.459 e. The molecule has 2 heterocycles. The molecule has 0 aliphatic carbocycles. The van der Waals surface area contributed by atoms with E-state index >= 15 is 0 Å². The Kier molecular flexibility index (Phi) is 5.30. The maximum atomic E-state index is 12.7. The second-order valence-corrected chi connectivity index (χ2v) is 6.44. The number of hydrogen-bond acceptors (Lipinski definition) is 4. The zero-order chi connectivity index (χ0) is 17.6. The molecular weight excluding hydrogens is 336 g/mol. The van der Waals surface area contributed by atoms with Crippen LogP contribution in [0.3, 0.4) is 0 Å². The summed E-state index contributed by atoms with van der Waals surface area (Å²) in [4.78, 5) is 27.5. The minimum atomic E-state index is -0.322. The van der Waals surface area contributed by atoms with Gasteiger partial charge in [0.05, 0.1) is 12.8 Å². The van der Waals surface area contributed by atoms with Gasteiger partial charge in [0.1, 0.15) is 0 Å². The molecule has 6 heteroatoms. The van der Waals surface area contributed by atoms with Crippen molar-refractivity contribution in [2.45, 2.75) is 13.5 Å². The number of hydrogen-bond donors (Lipinski definition) is 1. The number of anilines is 1. The van der Waals surface area contributed by atoms with Crippen LogP contribution in [0.4, 0.5) is 5.69 Å². The third-order valence-electron chi connectivity index (χ3n) is 3.73. The lowest BCUT2D eigenvalue weighted by atomic mass is 10.1. The summed E-state index contributed by atoms with van der Waals surface area (Å²) in [6.45, 7) is 3.20. The Morgan fingerprint density at radius 3 is 2.52 bits per heavy atom. The van der Waals surface area contributed by atoms with Crippen molar-refractivity contribution in [3.8, 4) is 0 Å². The van der Waals surface area contributed by atoms with E-state index in [4.69, 9.17) is 4.42 Å². The first-order chi connectivity index (χ1) is 12.2. The molecule has 0 atom stereocenters. The van der Waals surface area contributed by atoms with Crippen LogP contribution in [0.2, 0.25) is 0 Å². The molecule has 0 bridgehead atoms. The van der Waals surface area contributed by atoms with Gasteiger partial charge in [-0.3, -0.25) is 9.59 Å². The van der Waals surface area contributed by atoms with Crippen LogP contribution in [0.15, 0.2) is 64.6 Å². The Bertz CT molecular complexity index is 824. The highest BCUT2D eigenvalue weighted by molar-refractivity contribution is 7.09. The van der Waals surface area contributed by atoms with Crippen LogP contribution in [0.5, 0.6) is 0 Å². The lowest BCUT2D eigenvalue weighted by Gasteiger charge is -2.20. The molecule has 0 radical (unpaired) electrons. The van der Waals surface area contributed by atoms with Crippen molar-refractivity contribution in [3.05, 3.63) is 76.4 Å². The van der Waals surface area contributed by atoms with Crippen LogP contribution < -0.4 is 5.32 Å². The number of benzene rings is 1. The van der Waals surface area contributed by atoms with Crippen LogP contribution >= 0.6 is 11.3 Å². The number of nitrogens with zero attached hydrogens (tertiary/aromatic N) is 1. The van der Waals surface area contributed by atoms with Gasteiger partial charge in [-0.25, -0.2) is 0 Å². The fourth-order valence-electron chi connectivity index (χ4n) is 2.40. The van der Waals surface area contributed by atoms with Gasteiger partial charge in [0.2, 0.25) is 0 Å². The van der Waals surface area contributed by atoms with E-state index in [2.05, 4.69) is 5.32 Å². The average Bonchev–Trinajstić information content (AvgIpc) is 3.33. The molecule has 3 rings (SSSR count). The molecule has 0 unspecified atom stereocenters. The summed E-state index contributed by atoms with van der Waals surface area (Å²) in [7, 11) is 0. The second-order valence-electron chi connectivity index (χ2n) is 5.41. The van der Waals surface area contributed by atoms with E-state index in [-0.39, 0.29) is 17.6 Å². The Hall–Kier alpha value is -2.86. The van der Waals surface area contributed by atoms with Gasteiger partial charge in [0.15, 0.2) is 5.76 Å². The van der Waals surface area contributed by atoms with Crippen molar-refractivity contribution in [3.63, 3.8) is 0 Å². The number of furan rings is 1. The molecule has 0 aliphatic rings. The average molecular weight is 354 g/mol. The molecule has 1 aromatic carbocycles. The minimum absolute atomic E-state index is 0.0280. The van der Waals surface area contributed by atoms with Crippen molar-refractivity contribution in [1.29, 1.82) is 0 Å². The summed E-state index contributed by atoms with van der Waals surface area (Å²) in [5.74, 6) is -0.106. The molecule has 2 aromatic heterocycles. The molecule has 0 saturated carbocycles. The summed E-state index contributed by atoms with van der Waals surface area (Å²) in [5, 5.41) is 4.74. The molecule has 25 heavy (non-hydrogen) atoms. The van der Waals surface area contributed by atoms with Crippen LogP contribution in [-0.4, -0.2) is 23.3 Å². The summed E-state index contributed by atoms with van der Waals surface area (Å²) >= 11 is 1.64. The number of nitrogens with one attached hydrogen (secondary N) is 1. The van der Waals surface area contributed by atoms with Gasteiger partial charge >= 0.3 is 0 Å². The number of amides is 2. The molecule has 0 aliphatic heterocycles. The fourth-order valence-corrected chi connectivity index (χ4v) is 3.12. The maximum Gasteiger partial charge on any atom is 0.291 e. The maximum absolute atomic E-state index is 12.7. The number of carbonyl (C=O) groups excluding carboxylic acids is 2. The van der Waals surface area contributed by atoms with Gasteiger partial charge in [-0.2, -0.15) is 0 Å². The van der Waals surface area contributed by atoms with Gasteiger partial charge in [-0.15, -0.1) is 11.3 Å². The van der Waals surface area contributed by atoms with E-state index < -0.39 is 0 Å². The summed E-state index contributed by atoms with van der Waals surface area (Å²) in [5.41, 5.74) is 1.20. The lowest BCUT2D eigenvalue weighted by molar-refractivity contribution is 0.0754. The molecule has 2 amide bonds. The Balaban J connectivity index is 1.66. The largest absolute Gasteiger partial charge is 0.459 e. The highest BCUT2D eigenvalue weighted by Gasteiger charge is 2.15. The first-order valence-corrected chi connectivity index (χ1v) is 8.82. The van der Waals surface area contributed by atoms with Crippen LogP contribution in [0.25, 0.3) is 0 Å². The van der Waals surface area contributed by atoms with E-state index in [1.165, 1.54) is 6.26 Å². The molecule has 3 aromatic rings. The molecule has 0 spiro atoms. The smallest absolute Gasteiger partial charge is 0.291 e. The Labute approximate surface area is 149 Å². The predicted octanol–water partition coefficient (Wildman–Crippen LogP) is 4.26. The van der Waals surface area contributed by atoms with E-state index in [0.29, 0.717) is 24.3 Å². The van der Waals surface area contributed by atoms with Crippen LogP contribution in [0, 0.1) is 0 Å². The van der Waals surface area contributed by atoms with Crippen molar-refractivity contribution >= 4 is 28.8 Å². The summed E-state index contributed by atoms with van der Waals surface area (Å²) in [6.07, 6.45) is 1.45. The first-order valence-electron chi connectivity index (χ1n) is 7.94. The van der Waals surface area contributed by atoms with Crippen molar-refractivity contribution in [2.75, 3.05) is 11.9 Å². The van der Waals surface area contributed by atoms with Gasteiger partial charge in [-0.1, -0.05) is 6.07 Å². The SMILES string of the molecule is CCN(Cc1cccs1)C(=O)c1ccc(NC(=O)c2ccco2)cc1. The molecular formula is C19H18N2O3S. The van der Waals surface area contributed by atoms with Crippen molar-refractivity contribution < 1.29 is 14.0 Å². The number of rotatable bonds is 6. The number of thiophene rings is 1. The highest BCUT2D eigenvalue weighted by atomic mass is 32.1. The third-order valence-corrected chi connectivity index (χ3v) is 4.59. The topological polar surface area (TPSA) is 62.6 Å². The van der Waals surface area contributed by atoms with E-state index in [0.717, 1.165) is 4.88 Å². The molecule has 1 N–H and O–H groups in total. The third kappa shape index (κ3) is 4.16. The highest BCUT2D eigenvalue weighted by Crippen LogP contribution is 2.16. The normalized spacial score (nSPS) is 10.4. The Morgan fingerprint density at radius 1 is 1.12 bits per heavy atom. The summed E-state index contributed by atoms with van der Waals surface area (Å²) in [6, 6.07) is 14.1. The van der Waals surface area contributed by atoms with E-state index in [9.17, 15) is 9.59 Å². The van der Waals surface area contributed by atoms with Crippen LogP contribution in [0.1, 0.15) is 32.7 Å². The van der Waals surface area contributed by atoms with Crippen molar-refractivity contribution in [2.24, 2.45) is 0 Å².